The van der Waals surface area contributed by atoms with Gasteiger partial charge in [-0.25, -0.2) is 0 Å². The van der Waals surface area contributed by atoms with Gasteiger partial charge in [-0.2, -0.15) is 0 Å². The Bertz CT molecular complexity index is 741. The summed E-state index contributed by atoms with van der Waals surface area (Å²) in [5.41, 5.74) is 2.31. The molecule has 2 aromatic carbocycles. The summed E-state index contributed by atoms with van der Waals surface area (Å²) < 4.78 is 5.15. The summed E-state index contributed by atoms with van der Waals surface area (Å²) in [5, 5.41) is 2.87. The molecule has 0 aromatic heterocycles. The molecule has 0 aliphatic carbocycles. The molecule has 0 unspecified atom stereocenters. The molecule has 1 amide bonds. The molecule has 132 valence electrons. The van der Waals surface area contributed by atoms with Crippen LogP contribution in [0.15, 0.2) is 48.5 Å². The maximum Gasteiger partial charge on any atom is 0.241 e. The Balaban J connectivity index is 1.98. The number of rotatable bonds is 7. The average Bonchev–Trinajstić information content (AvgIpc) is 2.61. The van der Waals surface area contributed by atoms with E-state index in [1.54, 1.807) is 31.4 Å². The fourth-order valence-electron chi connectivity index (χ4n) is 2.42. The van der Waals surface area contributed by atoms with E-state index in [1.165, 1.54) is 6.92 Å². The molecule has 5 heteroatoms. The van der Waals surface area contributed by atoms with E-state index in [9.17, 15) is 9.59 Å². The van der Waals surface area contributed by atoms with Crippen LogP contribution in [0.25, 0.3) is 0 Å². The molecule has 5 nitrogen and oxygen atoms in total. The molecule has 1 atom stereocenters. The number of ketones is 1. The molecule has 0 bridgehead atoms. The maximum atomic E-state index is 12.5. The first-order valence-corrected chi connectivity index (χ1v) is 8.15. The van der Waals surface area contributed by atoms with E-state index in [2.05, 4.69) is 5.32 Å². The van der Waals surface area contributed by atoms with Crippen LogP contribution < -0.4 is 10.1 Å². The summed E-state index contributed by atoms with van der Waals surface area (Å²) in [6, 6.07) is 14.4. The smallest absolute Gasteiger partial charge is 0.241 e. The number of benzene rings is 2. The Morgan fingerprint density at radius 2 is 1.84 bits per heavy atom. The molecule has 0 aliphatic rings. The number of amides is 1. The van der Waals surface area contributed by atoms with Gasteiger partial charge >= 0.3 is 0 Å². The molecule has 2 rings (SSSR count). The summed E-state index contributed by atoms with van der Waals surface area (Å²) >= 11 is 0. The largest absolute Gasteiger partial charge is 0.497 e. The van der Waals surface area contributed by atoms with Crippen LogP contribution in [0.2, 0.25) is 0 Å². The van der Waals surface area contributed by atoms with E-state index in [0.29, 0.717) is 17.8 Å². The molecule has 0 saturated heterocycles. The van der Waals surface area contributed by atoms with E-state index < -0.39 is 0 Å². The zero-order valence-electron chi connectivity index (χ0n) is 15.1. The average molecular weight is 340 g/mol. The van der Waals surface area contributed by atoms with Crippen molar-refractivity contribution in [2.24, 2.45) is 0 Å². The van der Waals surface area contributed by atoms with Crippen molar-refractivity contribution in [1.29, 1.82) is 0 Å². The van der Waals surface area contributed by atoms with Crippen LogP contribution in [-0.4, -0.2) is 36.8 Å². The number of carbonyl (C=O) groups is 2. The molecule has 0 fully saturated rings. The number of anilines is 1. The second-order valence-corrected chi connectivity index (χ2v) is 6.07. The number of hydrogen-bond donors (Lipinski definition) is 1. The zero-order valence-corrected chi connectivity index (χ0v) is 15.1. The van der Waals surface area contributed by atoms with Crippen LogP contribution in [0, 0.1) is 0 Å². The van der Waals surface area contributed by atoms with Crippen molar-refractivity contribution >= 4 is 17.4 Å². The van der Waals surface area contributed by atoms with Gasteiger partial charge in [0.05, 0.1) is 13.2 Å². The SMILES string of the molecule is COc1ccc(CN(C)[C@H](C)C(=O)Nc2cccc(C(C)=O)c2)cc1. The Labute approximate surface area is 148 Å². The van der Waals surface area contributed by atoms with Gasteiger partial charge in [0, 0.05) is 17.8 Å². The van der Waals surface area contributed by atoms with Crippen LogP contribution in [0.1, 0.15) is 29.8 Å². The van der Waals surface area contributed by atoms with Crippen molar-refractivity contribution in [1.82, 2.24) is 4.90 Å². The Kier molecular flexibility index (Phi) is 6.31. The molecule has 0 saturated carbocycles. The Morgan fingerprint density at radius 1 is 1.16 bits per heavy atom. The lowest BCUT2D eigenvalue weighted by atomic mass is 10.1. The van der Waals surface area contributed by atoms with Crippen molar-refractivity contribution in [2.75, 3.05) is 19.5 Å². The first kappa shape index (κ1) is 18.7. The molecular formula is C20H24N2O3. The van der Waals surface area contributed by atoms with E-state index in [4.69, 9.17) is 4.74 Å². The number of hydrogen-bond acceptors (Lipinski definition) is 4. The first-order chi connectivity index (χ1) is 11.9. The van der Waals surface area contributed by atoms with Gasteiger partial charge < -0.3 is 10.1 Å². The van der Waals surface area contributed by atoms with Gasteiger partial charge in [-0.1, -0.05) is 24.3 Å². The standard InChI is InChI=1S/C20H24N2O3/c1-14(22(3)13-16-8-10-19(25-4)11-9-16)20(24)21-18-7-5-6-17(12-18)15(2)23/h5-12,14H,13H2,1-4H3,(H,21,24)/t14-/m1/s1. The topological polar surface area (TPSA) is 58.6 Å². The minimum absolute atomic E-state index is 0.0271. The summed E-state index contributed by atoms with van der Waals surface area (Å²) in [6.45, 7) is 4.01. The minimum Gasteiger partial charge on any atom is -0.497 e. The van der Waals surface area contributed by atoms with Crippen LogP contribution in [-0.2, 0) is 11.3 Å². The second-order valence-electron chi connectivity index (χ2n) is 6.07. The van der Waals surface area contributed by atoms with Crippen molar-refractivity contribution in [3.05, 3.63) is 59.7 Å². The van der Waals surface area contributed by atoms with E-state index in [0.717, 1.165) is 11.3 Å². The van der Waals surface area contributed by atoms with Gasteiger partial charge in [-0.05, 0) is 50.7 Å². The monoisotopic (exact) mass is 340 g/mol. The number of ether oxygens (including phenoxy) is 1. The molecule has 2 aromatic rings. The van der Waals surface area contributed by atoms with Crippen LogP contribution in [0.3, 0.4) is 0 Å². The van der Waals surface area contributed by atoms with Crippen LogP contribution in [0.4, 0.5) is 5.69 Å². The number of Topliss-reactive ketones (excluding diaryl/α,β-unsaturated/α-hetero) is 1. The fraction of sp³-hybridized carbons (Fsp3) is 0.300. The predicted molar refractivity (Wildman–Crippen MR) is 99.0 cm³/mol. The van der Waals surface area contributed by atoms with E-state index in [-0.39, 0.29) is 17.7 Å². The molecule has 0 spiro atoms. The van der Waals surface area contributed by atoms with Crippen molar-refractivity contribution in [2.45, 2.75) is 26.4 Å². The second kappa shape index (κ2) is 8.44. The highest BCUT2D eigenvalue weighted by atomic mass is 16.5. The van der Waals surface area contributed by atoms with Gasteiger partial charge in [0.25, 0.3) is 0 Å². The quantitative estimate of drug-likeness (QED) is 0.785. The van der Waals surface area contributed by atoms with Gasteiger partial charge in [0.15, 0.2) is 5.78 Å². The highest BCUT2D eigenvalue weighted by molar-refractivity contribution is 5.98. The number of nitrogens with zero attached hydrogens (tertiary/aromatic N) is 1. The third kappa shape index (κ3) is 5.16. The van der Waals surface area contributed by atoms with Crippen molar-refractivity contribution in [3.63, 3.8) is 0 Å². The molecular weight excluding hydrogens is 316 g/mol. The van der Waals surface area contributed by atoms with E-state index in [1.807, 2.05) is 43.1 Å². The lowest BCUT2D eigenvalue weighted by Crippen LogP contribution is -2.39. The highest BCUT2D eigenvalue weighted by Crippen LogP contribution is 2.15. The molecule has 0 heterocycles. The number of nitrogens with one attached hydrogen (secondary N) is 1. The van der Waals surface area contributed by atoms with Gasteiger partial charge in [-0.15, -0.1) is 0 Å². The summed E-state index contributed by atoms with van der Waals surface area (Å²) in [6.07, 6.45) is 0. The third-order valence-electron chi connectivity index (χ3n) is 4.17. The Hall–Kier alpha value is -2.66. The van der Waals surface area contributed by atoms with Crippen molar-refractivity contribution in [3.8, 4) is 5.75 Å². The van der Waals surface area contributed by atoms with Crippen LogP contribution >= 0.6 is 0 Å². The molecule has 0 aliphatic heterocycles. The number of methoxy groups -OCH3 is 1. The van der Waals surface area contributed by atoms with Crippen LogP contribution in [0.5, 0.6) is 5.75 Å². The minimum atomic E-state index is -0.317. The summed E-state index contributed by atoms with van der Waals surface area (Å²) in [4.78, 5) is 25.9. The lowest BCUT2D eigenvalue weighted by molar-refractivity contribution is -0.120. The normalized spacial score (nSPS) is 11.9. The molecule has 25 heavy (non-hydrogen) atoms. The molecule has 1 N–H and O–H groups in total. The van der Waals surface area contributed by atoms with Gasteiger partial charge in [0.1, 0.15) is 5.75 Å². The Morgan fingerprint density at radius 3 is 2.44 bits per heavy atom. The third-order valence-corrected chi connectivity index (χ3v) is 4.17. The van der Waals surface area contributed by atoms with Crippen molar-refractivity contribution < 1.29 is 14.3 Å². The maximum absolute atomic E-state index is 12.5. The van der Waals surface area contributed by atoms with E-state index >= 15 is 0 Å². The van der Waals surface area contributed by atoms with Gasteiger partial charge in [-0.3, -0.25) is 14.5 Å². The summed E-state index contributed by atoms with van der Waals surface area (Å²) in [7, 11) is 3.54. The first-order valence-electron chi connectivity index (χ1n) is 8.15. The fourth-order valence-corrected chi connectivity index (χ4v) is 2.42. The highest BCUT2D eigenvalue weighted by Gasteiger charge is 2.18. The molecule has 0 radical (unpaired) electrons. The zero-order chi connectivity index (χ0) is 18.4. The lowest BCUT2D eigenvalue weighted by Gasteiger charge is -2.24. The number of likely N-dealkylation sites (N-methyl/N-ethyl adjacent to an activating group) is 1. The number of carbonyl (C=O) groups excluding carboxylic acids is 2. The summed E-state index contributed by atoms with van der Waals surface area (Å²) in [5.74, 6) is 0.667. The van der Waals surface area contributed by atoms with Gasteiger partial charge in [0.2, 0.25) is 5.91 Å². The predicted octanol–water partition coefficient (Wildman–Crippen LogP) is 3.36.